The van der Waals surface area contributed by atoms with E-state index in [-0.39, 0.29) is 12.5 Å². The summed E-state index contributed by atoms with van der Waals surface area (Å²) in [4.78, 5) is 14.0. The van der Waals surface area contributed by atoms with Crippen LogP contribution in [-0.2, 0) is 4.79 Å². The van der Waals surface area contributed by atoms with E-state index in [0.29, 0.717) is 11.3 Å². The summed E-state index contributed by atoms with van der Waals surface area (Å²) in [7, 11) is 0. The second-order valence-corrected chi connectivity index (χ2v) is 5.83. The first-order valence-electron chi connectivity index (χ1n) is 5.92. The third-order valence-corrected chi connectivity index (χ3v) is 4.72. The van der Waals surface area contributed by atoms with Crippen LogP contribution in [0.1, 0.15) is 6.42 Å². The van der Waals surface area contributed by atoms with Gasteiger partial charge in [0, 0.05) is 23.6 Å². The molecule has 4 heteroatoms. The van der Waals surface area contributed by atoms with Gasteiger partial charge in [0.2, 0.25) is 0 Å². The average molecular weight is 249 g/mol. The fraction of sp³-hybridized carbons (Fsp3) is 0.462. The van der Waals surface area contributed by atoms with Crippen molar-refractivity contribution < 1.29 is 9.53 Å². The first-order valence-corrected chi connectivity index (χ1v) is 6.97. The van der Waals surface area contributed by atoms with Crippen molar-refractivity contribution in [2.45, 2.75) is 17.7 Å². The molecule has 2 aliphatic rings. The van der Waals surface area contributed by atoms with Gasteiger partial charge in [-0.15, -0.1) is 0 Å². The molecule has 90 valence electrons. The molecule has 1 aromatic rings. The molecule has 1 amide bonds. The van der Waals surface area contributed by atoms with E-state index in [0.717, 1.165) is 18.0 Å². The van der Waals surface area contributed by atoms with Gasteiger partial charge in [-0.1, -0.05) is 18.2 Å². The van der Waals surface area contributed by atoms with Gasteiger partial charge in [-0.3, -0.25) is 4.79 Å². The lowest BCUT2D eigenvalue weighted by atomic mass is 10.2. The highest BCUT2D eigenvalue weighted by molar-refractivity contribution is 8.00. The highest BCUT2D eigenvalue weighted by Crippen LogP contribution is 2.37. The van der Waals surface area contributed by atoms with E-state index < -0.39 is 0 Å². The molecule has 2 atom stereocenters. The Morgan fingerprint density at radius 3 is 2.88 bits per heavy atom. The summed E-state index contributed by atoms with van der Waals surface area (Å²) >= 11 is 1.99. The largest absolute Gasteiger partial charge is 0.484 e. The Kier molecular flexibility index (Phi) is 2.97. The molecule has 2 bridgehead atoms. The number of benzene rings is 1. The highest BCUT2D eigenvalue weighted by Gasteiger charge is 2.40. The fourth-order valence-electron chi connectivity index (χ4n) is 2.45. The Labute approximate surface area is 105 Å². The van der Waals surface area contributed by atoms with E-state index in [4.69, 9.17) is 4.74 Å². The van der Waals surface area contributed by atoms with Gasteiger partial charge < -0.3 is 9.64 Å². The summed E-state index contributed by atoms with van der Waals surface area (Å²) in [6.07, 6.45) is 1.17. The number of hydrogen-bond acceptors (Lipinski definition) is 3. The summed E-state index contributed by atoms with van der Waals surface area (Å²) < 4.78 is 5.49. The molecule has 0 aromatic heterocycles. The molecule has 17 heavy (non-hydrogen) atoms. The summed E-state index contributed by atoms with van der Waals surface area (Å²) in [5, 5.41) is 0.667. The number of thioether (sulfide) groups is 1. The Bertz CT molecular complexity index is 409. The van der Waals surface area contributed by atoms with Crippen LogP contribution in [0.25, 0.3) is 0 Å². The molecule has 2 aliphatic heterocycles. The van der Waals surface area contributed by atoms with Crippen LogP contribution in [0.2, 0.25) is 0 Å². The molecule has 1 aromatic carbocycles. The fourth-order valence-corrected chi connectivity index (χ4v) is 3.88. The lowest BCUT2D eigenvalue weighted by Crippen LogP contribution is -2.41. The van der Waals surface area contributed by atoms with Gasteiger partial charge in [0.05, 0.1) is 0 Å². The number of fused-ring (bicyclic) bond motifs is 2. The van der Waals surface area contributed by atoms with Crippen molar-refractivity contribution >= 4 is 17.7 Å². The Balaban J connectivity index is 1.54. The van der Waals surface area contributed by atoms with Crippen molar-refractivity contribution in [1.82, 2.24) is 4.90 Å². The molecule has 0 radical (unpaired) electrons. The van der Waals surface area contributed by atoms with Crippen LogP contribution >= 0.6 is 11.8 Å². The third-order valence-electron chi connectivity index (χ3n) is 3.33. The molecule has 0 spiro atoms. The van der Waals surface area contributed by atoms with Gasteiger partial charge in [0.1, 0.15) is 5.75 Å². The van der Waals surface area contributed by atoms with E-state index in [1.54, 1.807) is 0 Å². The number of ether oxygens (including phenoxy) is 1. The molecule has 2 unspecified atom stereocenters. The smallest absolute Gasteiger partial charge is 0.260 e. The zero-order valence-electron chi connectivity index (χ0n) is 9.54. The molecule has 0 saturated carbocycles. The molecule has 2 saturated heterocycles. The molecule has 2 heterocycles. The van der Waals surface area contributed by atoms with Crippen molar-refractivity contribution in [2.24, 2.45) is 0 Å². The second kappa shape index (κ2) is 4.61. The normalized spacial score (nSPS) is 26.2. The van der Waals surface area contributed by atoms with Gasteiger partial charge in [0.25, 0.3) is 5.91 Å². The van der Waals surface area contributed by atoms with Crippen molar-refractivity contribution in [2.75, 3.05) is 18.9 Å². The zero-order valence-corrected chi connectivity index (χ0v) is 10.4. The number of carbonyl (C=O) groups is 1. The predicted octanol–water partition coefficient (Wildman–Crippen LogP) is 1.78. The number of carbonyl (C=O) groups excluding carboxylic acids is 1. The van der Waals surface area contributed by atoms with Crippen LogP contribution in [0.15, 0.2) is 30.3 Å². The SMILES string of the molecule is O=C(COc1ccccc1)N1CC2CC1CS2. The minimum Gasteiger partial charge on any atom is -0.484 e. The van der Waals surface area contributed by atoms with E-state index in [1.165, 1.54) is 6.42 Å². The van der Waals surface area contributed by atoms with Crippen LogP contribution < -0.4 is 4.74 Å². The molecule has 3 nitrogen and oxygen atoms in total. The van der Waals surface area contributed by atoms with Crippen molar-refractivity contribution in [3.8, 4) is 5.75 Å². The number of amides is 1. The van der Waals surface area contributed by atoms with Crippen LogP contribution in [0.3, 0.4) is 0 Å². The summed E-state index contributed by atoms with van der Waals surface area (Å²) in [5.74, 6) is 1.99. The number of rotatable bonds is 3. The second-order valence-electron chi connectivity index (χ2n) is 4.49. The standard InChI is InChI=1S/C13H15NO2S/c15-13(8-16-11-4-2-1-3-5-11)14-7-12-6-10(14)9-17-12/h1-5,10,12H,6-9H2. The van der Waals surface area contributed by atoms with Gasteiger partial charge in [0.15, 0.2) is 6.61 Å². The predicted molar refractivity (Wildman–Crippen MR) is 68.3 cm³/mol. The number of likely N-dealkylation sites (tertiary alicyclic amines) is 1. The van der Waals surface area contributed by atoms with E-state index in [2.05, 4.69) is 0 Å². The zero-order chi connectivity index (χ0) is 11.7. The first-order chi connectivity index (χ1) is 8.33. The molecular weight excluding hydrogens is 234 g/mol. The first kappa shape index (κ1) is 11.0. The molecule has 0 N–H and O–H groups in total. The van der Waals surface area contributed by atoms with Crippen molar-refractivity contribution in [3.05, 3.63) is 30.3 Å². The number of hydrogen-bond donors (Lipinski definition) is 0. The lowest BCUT2D eigenvalue weighted by Gasteiger charge is -2.26. The maximum Gasteiger partial charge on any atom is 0.260 e. The number of para-hydroxylation sites is 1. The van der Waals surface area contributed by atoms with Gasteiger partial charge >= 0.3 is 0 Å². The Morgan fingerprint density at radius 1 is 1.41 bits per heavy atom. The Morgan fingerprint density at radius 2 is 2.24 bits per heavy atom. The molecule has 0 aliphatic carbocycles. The third kappa shape index (κ3) is 2.27. The summed E-state index contributed by atoms with van der Waals surface area (Å²) in [6.45, 7) is 1.07. The van der Waals surface area contributed by atoms with Gasteiger partial charge in [-0.25, -0.2) is 0 Å². The minimum absolute atomic E-state index is 0.127. The maximum absolute atomic E-state index is 12.0. The van der Waals surface area contributed by atoms with E-state index >= 15 is 0 Å². The topological polar surface area (TPSA) is 29.5 Å². The van der Waals surface area contributed by atoms with E-state index in [1.807, 2.05) is 47.0 Å². The van der Waals surface area contributed by atoms with Crippen molar-refractivity contribution in [1.29, 1.82) is 0 Å². The molecule has 3 rings (SSSR count). The van der Waals surface area contributed by atoms with Crippen LogP contribution in [0, 0.1) is 0 Å². The lowest BCUT2D eigenvalue weighted by molar-refractivity contribution is -0.133. The van der Waals surface area contributed by atoms with Crippen LogP contribution in [-0.4, -0.2) is 41.0 Å². The van der Waals surface area contributed by atoms with E-state index in [9.17, 15) is 4.79 Å². The van der Waals surface area contributed by atoms with Crippen molar-refractivity contribution in [3.63, 3.8) is 0 Å². The Hall–Kier alpha value is -1.16. The molecular formula is C13H15NO2S. The maximum atomic E-state index is 12.0. The summed E-state index contributed by atoms with van der Waals surface area (Å²) in [6, 6.07) is 9.96. The highest BCUT2D eigenvalue weighted by atomic mass is 32.2. The quantitative estimate of drug-likeness (QED) is 0.818. The summed E-state index contributed by atoms with van der Waals surface area (Å²) in [5.41, 5.74) is 0. The van der Waals surface area contributed by atoms with Crippen LogP contribution in [0.4, 0.5) is 0 Å². The van der Waals surface area contributed by atoms with Gasteiger partial charge in [-0.05, 0) is 18.6 Å². The average Bonchev–Trinajstić information content (AvgIpc) is 2.99. The minimum atomic E-state index is 0.127. The number of nitrogens with zero attached hydrogens (tertiary/aromatic N) is 1. The monoisotopic (exact) mass is 249 g/mol. The van der Waals surface area contributed by atoms with Gasteiger partial charge in [-0.2, -0.15) is 11.8 Å². The molecule has 2 fully saturated rings. The van der Waals surface area contributed by atoms with Crippen LogP contribution in [0.5, 0.6) is 5.75 Å².